The van der Waals surface area contributed by atoms with E-state index in [9.17, 15) is 24.2 Å². The zero-order chi connectivity index (χ0) is 34.9. The molecule has 0 aliphatic heterocycles. The van der Waals surface area contributed by atoms with Crippen molar-refractivity contribution in [3.8, 4) is 0 Å². The number of hydrogen-bond acceptors (Lipinski definition) is 9. The zero-order valence-corrected chi connectivity index (χ0v) is 29.9. The first-order valence-electron chi connectivity index (χ1n) is 17.6. The largest absolute Gasteiger partial charge is 0.472 e. The Morgan fingerprint density at radius 2 is 1.17 bits per heavy atom. The molecule has 10 nitrogen and oxygen atoms in total. The van der Waals surface area contributed by atoms with Gasteiger partial charge in [0.05, 0.1) is 19.8 Å². The third-order valence-corrected chi connectivity index (χ3v) is 7.95. The third kappa shape index (κ3) is 32.3. The number of aliphatic hydroxyl groups is 2. The van der Waals surface area contributed by atoms with Crippen LogP contribution in [0, 0.1) is 0 Å². The van der Waals surface area contributed by atoms with Crippen LogP contribution in [0.5, 0.6) is 0 Å². The molecule has 47 heavy (non-hydrogen) atoms. The minimum Gasteiger partial charge on any atom is -0.462 e. The molecule has 3 atom stereocenters. The van der Waals surface area contributed by atoms with Gasteiger partial charge in [0, 0.05) is 12.8 Å². The first-order valence-corrected chi connectivity index (χ1v) is 19.1. The van der Waals surface area contributed by atoms with Crippen LogP contribution >= 0.6 is 7.82 Å². The molecule has 11 heteroatoms. The number of phosphoric acid groups is 1. The van der Waals surface area contributed by atoms with Crippen molar-refractivity contribution in [2.24, 2.45) is 0 Å². The summed E-state index contributed by atoms with van der Waals surface area (Å²) in [6.45, 7) is 2.15. The highest BCUT2D eigenvalue weighted by molar-refractivity contribution is 7.47. The molecular formula is C36H63O10P. The van der Waals surface area contributed by atoms with Gasteiger partial charge >= 0.3 is 19.8 Å². The van der Waals surface area contributed by atoms with Crippen LogP contribution in [0.1, 0.15) is 129 Å². The molecule has 0 aliphatic carbocycles. The fourth-order valence-electron chi connectivity index (χ4n) is 4.28. The van der Waals surface area contributed by atoms with E-state index in [0.717, 1.165) is 57.8 Å². The third-order valence-electron chi connectivity index (χ3n) is 7.00. The van der Waals surface area contributed by atoms with Crippen molar-refractivity contribution in [2.75, 3.05) is 26.4 Å². The van der Waals surface area contributed by atoms with Gasteiger partial charge < -0.3 is 24.6 Å². The molecule has 0 aromatic heterocycles. The summed E-state index contributed by atoms with van der Waals surface area (Å²) >= 11 is 0. The van der Waals surface area contributed by atoms with Gasteiger partial charge in [-0.1, -0.05) is 114 Å². The van der Waals surface area contributed by atoms with Crippen LogP contribution in [-0.2, 0) is 32.7 Å². The van der Waals surface area contributed by atoms with Crippen LogP contribution in [0.15, 0.2) is 48.6 Å². The molecule has 0 radical (unpaired) electrons. The van der Waals surface area contributed by atoms with E-state index in [1.54, 1.807) is 0 Å². The van der Waals surface area contributed by atoms with Crippen LogP contribution in [0.25, 0.3) is 0 Å². The van der Waals surface area contributed by atoms with E-state index in [-0.39, 0.29) is 19.4 Å². The van der Waals surface area contributed by atoms with E-state index in [2.05, 4.69) is 67.0 Å². The Balaban J connectivity index is 4.50. The lowest BCUT2D eigenvalue weighted by atomic mass is 10.1. The van der Waals surface area contributed by atoms with Gasteiger partial charge in [-0.05, 0) is 51.4 Å². The number of aliphatic hydroxyl groups excluding tert-OH is 2. The molecule has 0 saturated carbocycles. The molecule has 0 bridgehead atoms. The van der Waals surface area contributed by atoms with Crippen LogP contribution in [0.4, 0.5) is 0 Å². The number of rotatable bonds is 32. The van der Waals surface area contributed by atoms with Gasteiger partial charge in [0.15, 0.2) is 6.10 Å². The summed E-state index contributed by atoms with van der Waals surface area (Å²) in [6, 6.07) is 0. The Kier molecular flexibility index (Phi) is 31.0. The number of hydrogen-bond donors (Lipinski definition) is 3. The standard InChI is InChI=1S/C36H63O10P/c1-3-5-7-9-11-13-14-15-16-17-18-20-22-24-26-28-36(40)46-34(32-45-47(41,42)44-30-33(38)29-37)31-43-35(39)27-25-23-21-19-12-10-8-6-4-2/h5,7,11,13,15-16,18,20,33-34,37-38H,3-4,6,8-10,12,14,17,19,21-32H2,1-2H3,(H,41,42)/b7-5+,13-11+,16-15+,20-18+/t33-,34+/m0/s1. The van der Waals surface area contributed by atoms with Crippen LogP contribution in [0.3, 0.4) is 0 Å². The second kappa shape index (κ2) is 32.5. The van der Waals surface area contributed by atoms with Gasteiger partial charge in [0.2, 0.25) is 0 Å². The molecule has 0 saturated heterocycles. The highest BCUT2D eigenvalue weighted by atomic mass is 31.2. The summed E-state index contributed by atoms with van der Waals surface area (Å²) in [7, 11) is -4.62. The number of phosphoric ester groups is 1. The van der Waals surface area contributed by atoms with Crippen molar-refractivity contribution in [1.82, 2.24) is 0 Å². The number of carbonyl (C=O) groups is 2. The molecule has 0 rings (SSSR count). The van der Waals surface area contributed by atoms with Crippen molar-refractivity contribution in [1.29, 1.82) is 0 Å². The predicted molar refractivity (Wildman–Crippen MR) is 187 cm³/mol. The van der Waals surface area contributed by atoms with Gasteiger partial charge in [0.25, 0.3) is 0 Å². The van der Waals surface area contributed by atoms with Gasteiger partial charge in [-0.2, -0.15) is 0 Å². The lowest BCUT2D eigenvalue weighted by Gasteiger charge is -2.20. The van der Waals surface area contributed by atoms with E-state index in [1.165, 1.54) is 32.1 Å². The zero-order valence-electron chi connectivity index (χ0n) is 29.0. The average molecular weight is 687 g/mol. The van der Waals surface area contributed by atoms with E-state index in [0.29, 0.717) is 12.8 Å². The second-order valence-electron chi connectivity index (χ2n) is 11.5. The lowest BCUT2D eigenvalue weighted by molar-refractivity contribution is -0.161. The van der Waals surface area contributed by atoms with Crippen molar-refractivity contribution >= 4 is 19.8 Å². The van der Waals surface area contributed by atoms with Crippen molar-refractivity contribution < 1.29 is 47.8 Å². The smallest absolute Gasteiger partial charge is 0.462 e. The van der Waals surface area contributed by atoms with Crippen LogP contribution in [0.2, 0.25) is 0 Å². The maximum Gasteiger partial charge on any atom is 0.472 e. The maximum absolute atomic E-state index is 12.5. The molecule has 3 N–H and O–H groups in total. The Labute approximate surface area is 283 Å². The molecule has 0 aliphatic rings. The minimum absolute atomic E-state index is 0.131. The molecule has 0 amide bonds. The van der Waals surface area contributed by atoms with Crippen LogP contribution in [-0.4, -0.2) is 65.7 Å². The average Bonchev–Trinajstić information content (AvgIpc) is 3.05. The number of ether oxygens (including phenoxy) is 2. The Hall–Kier alpha value is -2.07. The first-order chi connectivity index (χ1) is 22.7. The SMILES string of the molecule is CC/C=C/C/C=C/C/C=C/C/C=C/CCCCC(=O)O[C@H](COC(=O)CCCCCCCCCCC)COP(=O)(O)OC[C@@H](O)CO. The Morgan fingerprint density at radius 3 is 1.77 bits per heavy atom. The van der Waals surface area contributed by atoms with Crippen molar-refractivity contribution in [2.45, 2.75) is 142 Å². The number of carbonyl (C=O) groups excluding carboxylic acids is 2. The fraction of sp³-hybridized carbons (Fsp3) is 0.722. The highest BCUT2D eigenvalue weighted by Gasteiger charge is 2.27. The number of allylic oxidation sites excluding steroid dienone is 8. The minimum atomic E-state index is -4.62. The lowest BCUT2D eigenvalue weighted by Crippen LogP contribution is -2.29. The van der Waals surface area contributed by atoms with E-state index in [1.807, 2.05) is 0 Å². The molecule has 272 valence electrons. The van der Waals surface area contributed by atoms with Crippen molar-refractivity contribution in [3.63, 3.8) is 0 Å². The Bertz CT molecular complexity index is 931. The number of unbranched alkanes of at least 4 members (excludes halogenated alkanes) is 10. The molecule has 0 aromatic carbocycles. The summed E-state index contributed by atoms with van der Waals surface area (Å²) in [5.41, 5.74) is 0. The number of esters is 2. The monoisotopic (exact) mass is 686 g/mol. The molecular weight excluding hydrogens is 623 g/mol. The molecule has 0 heterocycles. The topological polar surface area (TPSA) is 149 Å². The van der Waals surface area contributed by atoms with E-state index < -0.39 is 51.8 Å². The Morgan fingerprint density at radius 1 is 0.660 bits per heavy atom. The molecule has 0 aromatic rings. The van der Waals surface area contributed by atoms with Gasteiger partial charge in [0.1, 0.15) is 12.7 Å². The van der Waals surface area contributed by atoms with Crippen molar-refractivity contribution in [3.05, 3.63) is 48.6 Å². The molecule has 1 unspecified atom stereocenters. The quantitative estimate of drug-likeness (QED) is 0.0274. The normalized spacial score (nSPS) is 14.7. The maximum atomic E-state index is 12.5. The fourth-order valence-corrected chi connectivity index (χ4v) is 5.07. The summed E-state index contributed by atoms with van der Waals surface area (Å²) < 4.78 is 32.4. The first kappa shape index (κ1) is 44.9. The predicted octanol–water partition coefficient (Wildman–Crippen LogP) is 8.21. The molecule has 0 fully saturated rings. The van der Waals surface area contributed by atoms with Crippen LogP contribution < -0.4 is 0 Å². The van der Waals surface area contributed by atoms with Gasteiger partial charge in [-0.25, -0.2) is 4.57 Å². The van der Waals surface area contributed by atoms with E-state index in [4.69, 9.17) is 19.1 Å². The van der Waals surface area contributed by atoms with E-state index >= 15 is 0 Å². The second-order valence-corrected chi connectivity index (χ2v) is 13.0. The summed E-state index contributed by atoms with van der Waals surface area (Å²) in [4.78, 5) is 34.6. The highest BCUT2D eigenvalue weighted by Crippen LogP contribution is 2.43. The van der Waals surface area contributed by atoms with Gasteiger partial charge in [-0.15, -0.1) is 0 Å². The van der Waals surface area contributed by atoms with Gasteiger partial charge in [-0.3, -0.25) is 18.6 Å². The molecule has 0 spiro atoms. The summed E-state index contributed by atoms with van der Waals surface area (Å²) in [5, 5.41) is 18.2. The summed E-state index contributed by atoms with van der Waals surface area (Å²) in [6.07, 6.45) is 31.0. The summed E-state index contributed by atoms with van der Waals surface area (Å²) in [5.74, 6) is -0.982.